The second-order valence-corrected chi connectivity index (χ2v) is 5.38. The first-order valence-corrected chi connectivity index (χ1v) is 7.39. The first-order chi connectivity index (χ1) is 11.8. The number of imide groups is 1. The van der Waals surface area contributed by atoms with E-state index < -0.39 is 17.8 Å². The Kier molecular flexibility index (Phi) is 4.35. The molecule has 0 unspecified atom stereocenters. The number of rotatable bonds is 3. The fourth-order valence-corrected chi connectivity index (χ4v) is 2.38. The minimum absolute atomic E-state index is 0.0592. The van der Waals surface area contributed by atoms with E-state index in [1.165, 1.54) is 17.0 Å². The highest BCUT2D eigenvalue weighted by molar-refractivity contribution is 6.05. The Morgan fingerprint density at radius 2 is 1.72 bits per heavy atom. The van der Waals surface area contributed by atoms with Crippen LogP contribution < -0.4 is 15.0 Å². The van der Waals surface area contributed by atoms with E-state index in [0.29, 0.717) is 11.4 Å². The van der Waals surface area contributed by atoms with Gasteiger partial charge >= 0.3 is 12.2 Å². The van der Waals surface area contributed by atoms with Crippen LogP contribution in [0.15, 0.2) is 48.5 Å². The Morgan fingerprint density at radius 1 is 1.00 bits per heavy atom. The van der Waals surface area contributed by atoms with Gasteiger partial charge in [0.1, 0.15) is 11.5 Å². The second-order valence-electron chi connectivity index (χ2n) is 5.38. The van der Waals surface area contributed by atoms with E-state index in [4.69, 9.17) is 4.74 Å². The van der Waals surface area contributed by atoms with Crippen molar-refractivity contribution in [3.8, 4) is 11.5 Å². The second kappa shape index (κ2) is 6.46. The van der Waals surface area contributed by atoms with Crippen LogP contribution in [0.2, 0.25) is 0 Å². The standard InChI is InChI=1S/C17H13F3N2O3/c18-17(19,20)11-2-1-3-14(10-11)25-13-6-4-12(5-7-13)22-9-8-15(23)21-16(22)24/h1-7,10H,8-9H2,(H,21,23,24). The lowest BCUT2D eigenvalue weighted by Crippen LogP contribution is -2.49. The van der Waals surface area contributed by atoms with E-state index in [1.807, 2.05) is 0 Å². The van der Waals surface area contributed by atoms with Gasteiger partial charge in [0.2, 0.25) is 5.91 Å². The molecule has 25 heavy (non-hydrogen) atoms. The molecule has 1 aliphatic heterocycles. The SMILES string of the molecule is O=C1CCN(c2ccc(Oc3cccc(C(F)(F)F)c3)cc2)C(=O)N1. The molecule has 0 spiro atoms. The molecule has 0 radical (unpaired) electrons. The quantitative estimate of drug-likeness (QED) is 0.912. The Bertz CT molecular complexity index is 804. The molecule has 1 N–H and O–H groups in total. The number of halogens is 3. The summed E-state index contributed by atoms with van der Waals surface area (Å²) >= 11 is 0. The van der Waals surface area contributed by atoms with Gasteiger partial charge in [0.15, 0.2) is 0 Å². The molecule has 0 aromatic heterocycles. The minimum Gasteiger partial charge on any atom is -0.457 e. The summed E-state index contributed by atoms with van der Waals surface area (Å²) < 4.78 is 43.5. The van der Waals surface area contributed by atoms with Gasteiger partial charge in [0, 0.05) is 18.7 Å². The van der Waals surface area contributed by atoms with Crippen molar-refractivity contribution in [2.75, 3.05) is 11.4 Å². The van der Waals surface area contributed by atoms with Gasteiger partial charge in [0.05, 0.1) is 5.56 Å². The molecule has 0 bridgehead atoms. The van der Waals surface area contributed by atoms with Gasteiger partial charge < -0.3 is 4.74 Å². The van der Waals surface area contributed by atoms with E-state index in [2.05, 4.69) is 5.32 Å². The molecule has 1 aliphatic rings. The molecule has 3 amide bonds. The van der Waals surface area contributed by atoms with Gasteiger partial charge in [0.25, 0.3) is 0 Å². The third-order valence-electron chi connectivity index (χ3n) is 3.60. The molecule has 3 rings (SSSR count). The van der Waals surface area contributed by atoms with E-state index >= 15 is 0 Å². The van der Waals surface area contributed by atoms with Crippen LogP contribution in [-0.4, -0.2) is 18.5 Å². The van der Waals surface area contributed by atoms with E-state index in [9.17, 15) is 22.8 Å². The van der Waals surface area contributed by atoms with Crippen LogP contribution in [0.25, 0.3) is 0 Å². The molecule has 8 heteroatoms. The Balaban J connectivity index is 1.73. The Hall–Kier alpha value is -3.03. The first kappa shape index (κ1) is 16.8. The summed E-state index contributed by atoms with van der Waals surface area (Å²) in [5.74, 6) is 0.0613. The highest BCUT2D eigenvalue weighted by Crippen LogP contribution is 2.33. The number of urea groups is 1. The smallest absolute Gasteiger partial charge is 0.416 e. The molecule has 0 atom stereocenters. The summed E-state index contributed by atoms with van der Waals surface area (Å²) in [5.41, 5.74) is -0.238. The van der Waals surface area contributed by atoms with Crippen molar-refractivity contribution < 1.29 is 27.5 Å². The maximum absolute atomic E-state index is 12.7. The van der Waals surface area contributed by atoms with Crippen molar-refractivity contribution in [3.63, 3.8) is 0 Å². The molecule has 130 valence electrons. The molecule has 0 saturated carbocycles. The number of benzene rings is 2. The number of nitrogens with zero attached hydrogens (tertiary/aromatic N) is 1. The average molecular weight is 350 g/mol. The summed E-state index contributed by atoms with van der Waals surface area (Å²) in [7, 11) is 0. The highest BCUT2D eigenvalue weighted by atomic mass is 19.4. The number of ether oxygens (including phenoxy) is 1. The van der Waals surface area contributed by atoms with Crippen LogP contribution in [0.4, 0.5) is 23.7 Å². The van der Waals surface area contributed by atoms with Crippen LogP contribution in [-0.2, 0) is 11.0 Å². The molecule has 0 aliphatic carbocycles. The van der Waals surface area contributed by atoms with E-state index in [1.54, 1.807) is 24.3 Å². The van der Waals surface area contributed by atoms with Crippen molar-refractivity contribution in [2.45, 2.75) is 12.6 Å². The molecule has 2 aromatic carbocycles. The summed E-state index contributed by atoms with van der Waals surface area (Å²) in [6.07, 6.45) is -4.24. The molecule has 1 saturated heterocycles. The number of hydrogen-bond acceptors (Lipinski definition) is 3. The van der Waals surface area contributed by atoms with Crippen LogP contribution in [0.1, 0.15) is 12.0 Å². The third kappa shape index (κ3) is 3.90. The maximum atomic E-state index is 12.7. The lowest BCUT2D eigenvalue weighted by atomic mass is 10.2. The topological polar surface area (TPSA) is 58.6 Å². The van der Waals surface area contributed by atoms with Gasteiger partial charge in [-0.25, -0.2) is 4.79 Å². The van der Waals surface area contributed by atoms with Crippen LogP contribution in [0.3, 0.4) is 0 Å². The van der Waals surface area contributed by atoms with Crippen molar-refractivity contribution in [3.05, 3.63) is 54.1 Å². The van der Waals surface area contributed by atoms with Crippen LogP contribution >= 0.6 is 0 Å². The largest absolute Gasteiger partial charge is 0.457 e. The zero-order valence-corrected chi connectivity index (χ0v) is 12.8. The van der Waals surface area contributed by atoms with Gasteiger partial charge in [-0.05, 0) is 42.5 Å². The van der Waals surface area contributed by atoms with Crippen LogP contribution in [0.5, 0.6) is 11.5 Å². The van der Waals surface area contributed by atoms with E-state index in [-0.39, 0.29) is 24.6 Å². The Morgan fingerprint density at radius 3 is 2.36 bits per heavy atom. The lowest BCUT2D eigenvalue weighted by molar-refractivity contribution is -0.137. The number of hydrogen-bond donors (Lipinski definition) is 1. The fourth-order valence-electron chi connectivity index (χ4n) is 2.38. The zero-order chi connectivity index (χ0) is 18.0. The van der Waals surface area contributed by atoms with Gasteiger partial charge in [-0.2, -0.15) is 13.2 Å². The summed E-state index contributed by atoms with van der Waals surface area (Å²) in [6, 6.07) is 10.3. The molecular formula is C17H13F3N2O3. The molecule has 1 fully saturated rings. The predicted molar refractivity (Wildman–Crippen MR) is 83.5 cm³/mol. The van der Waals surface area contributed by atoms with E-state index in [0.717, 1.165) is 12.1 Å². The highest BCUT2D eigenvalue weighted by Gasteiger charge is 2.30. The number of nitrogens with one attached hydrogen (secondary N) is 1. The summed E-state index contributed by atoms with van der Waals surface area (Å²) in [6.45, 7) is 0.262. The number of carbonyl (C=O) groups excluding carboxylic acids is 2. The molecule has 2 aromatic rings. The van der Waals surface area contributed by atoms with Gasteiger partial charge in [-0.1, -0.05) is 6.07 Å². The number of carbonyl (C=O) groups is 2. The number of amides is 3. The normalized spacial score (nSPS) is 15.1. The van der Waals surface area contributed by atoms with Gasteiger partial charge in [-0.15, -0.1) is 0 Å². The van der Waals surface area contributed by atoms with Crippen LogP contribution in [0, 0.1) is 0 Å². The first-order valence-electron chi connectivity index (χ1n) is 7.39. The zero-order valence-electron chi connectivity index (χ0n) is 12.8. The maximum Gasteiger partial charge on any atom is 0.416 e. The molecule has 1 heterocycles. The number of alkyl halides is 3. The molecular weight excluding hydrogens is 337 g/mol. The Labute approximate surface area is 141 Å². The summed E-state index contributed by atoms with van der Waals surface area (Å²) in [5, 5.41) is 2.21. The third-order valence-corrected chi connectivity index (χ3v) is 3.60. The number of anilines is 1. The van der Waals surface area contributed by atoms with Crippen molar-refractivity contribution in [2.24, 2.45) is 0 Å². The molecule has 5 nitrogen and oxygen atoms in total. The van der Waals surface area contributed by atoms with Crippen molar-refractivity contribution in [1.29, 1.82) is 0 Å². The summed E-state index contributed by atoms with van der Waals surface area (Å²) in [4.78, 5) is 24.3. The van der Waals surface area contributed by atoms with Gasteiger partial charge in [-0.3, -0.25) is 15.0 Å². The predicted octanol–water partition coefficient (Wildman–Crippen LogP) is 3.94. The van der Waals surface area contributed by atoms with Crippen molar-refractivity contribution >= 4 is 17.6 Å². The average Bonchev–Trinajstić information content (AvgIpc) is 2.55. The van der Waals surface area contributed by atoms with Crippen molar-refractivity contribution in [1.82, 2.24) is 5.32 Å². The fraction of sp³-hybridized carbons (Fsp3) is 0.176. The monoisotopic (exact) mass is 350 g/mol. The lowest BCUT2D eigenvalue weighted by Gasteiger charge is -2.26. The minimum atomic E-state index is -4.44.